The van der Waals surface area contributed by atoms with Gasteiger partial charge in [0.15, 0.2) is 0 Å². The molecule has 0 atom stereocenters. The van der Waals surface area contributed by atoms with Gasteiger partial charge in [-0.25, -0.2) is 0 Å². The summed E-state index contributed by atoms with van der Waals surface area (Å²) in [7, 11) is 3.79. The van der Waals surface area contributed by atoms with E-state index in [1.54, 1.807) is 10.9 Å². The quantitative estimate of drug-likeness (QED) is 0.508. The van der Waals surface area contributed by atoms with Crippen molar-refractivity contribution in [3.8, 4) is 12.3 Å². The normalized spacial score (nSPS) is 8.90. The van der Waals surface area contributed by atoms with Crippen LogP contribution in [0.15, 0.2) is 12.3 Å². The van der Waals surface area contributed by atoms with E-state index < -0.39 is 0 Å². The first kappa shape index (κ1) is 6.69. The lowest BCUT2D eigenvalue weighted by Gasteiger charge is -2.10. The molecule has 1 heterocycles. The average molecular weight is 135 g/mol. The second kappa shape index (κ2) is 2.44. The van der Waals surface area contributed by atoms with Crippen molar-refractivity contribution in [2.45, 2.75) is 0 Å². The van der Waals surface area contributed by atoms with Crippen molar-refractivity contribution in [1.82, 2.24) is 9.89 Å². The molecular formula is C7H9N3. The molecule has 0 saturated heterocycles. The average Bonchev–Trinajstić information content (AvgIpc) is 2.34. The summed E-state index contributed by atoms with van der Waals surface area (Å²) < 4.78 is 0. The summed E-state index contributed by atoms with van der Waals surface area (Å²) in [6.45, 7) is 0. The van der Waals surface area contributed by atoms with Crippen molar-refractivity contribution in [3.05, 3.63) is 18.0 Å². The van der Waals surface area contributed by atoms with Crippen molar-refractivity contribution < 1.29 is 0 Å². The number of hydrogen-bond donors (Lipinski definition) is 0. The van der Waals surface area contributed by atoms with Crippen molar-refractivity contribution in [1.29, 1.82) is 0 Å². The zero-order chi connectivity index (χ0) is 7.56. The van der Waals surface area contributed by atoms with Crippen LogP contribution in [0.25, 0.3) is 0 Å². The molecule has 0 bridgehead atoms. The van der Waals surface area contributed by atoms with Crippen molar-refractivity contribution in [2.24, 2.45) is 0 Å². The lowest BCUT2D eigenvalue weighted by Crippen LogP contribution is -2.25. The van der Waals surface area contributed by atoms with E-state index in [0.717, 1.165) is 0 Å². The Hall–Kier alpha value is -1.43. The minimum Gasteiger partial charge on any atom is -0.303 e. The standard InChI is InChI=1S/C7H9N3/c1-4-7-5-6-10(8-7)9(2)3/h1,5-6H,2-3H3. The molecule has 0 spiro atoms. The predicted molar refractivity (Wildman–Crippen MR) is 40.2 cm³/mol. The summed E-state index contributed by atoms with van der Waals surface area (Å²) in [5.41, 5.74) is 0.661. The third-order valence-corrected chi connectivity index (χ3v) is 1.13. The molecule has 1 aromatic rings. The predicted octanol–water partition coefficient (Wildman–Crippen LogP) is 0.0620. The van der Waals surface area contributed by atoms with Crippen LogP contribution in [0, 0.1) is 12.3 Å². The summed E-state index contributed by atoms with van der Waals surface area (Å²) >= 11 is 0. The molecule has 1 rings (SSSR count). The summed E-state index contributed by atoms with van der Waals surface area (Å²) in [5, 5.41) is 5.87. The van der Waals surface area contributed by atoms with Crippen LogP contribution < -0.4 is 5.01 Å². The smallest absolute Gasteiger partial charge is 0.137 e. The Kier molecular flexibility index (Phi) is 1.63. The first-order chi connectivity index (χ1) is 4.74. The fourth-order valence-corrected chi connectivity index (χ4v) is 0.614. The Labute approximate surface area is 60.2 Å². The molecule has 0 amide bonds. The Morgan fingerprint density at radius 1 is 1.70 bits per heavy atom. The molecule has 0 aliphatic heterocycles. The molecule has 0 N–H and O–H groups in total. The van der Waals surface area contributed by atoms with Gasteiger partial charge in [-0.05, 0) is 12.0 Å². The molecule has 3 nitrogen and oxygen atoms in total. The maximum atomic E-state index is 5.12. The molecule has 0 aliphatic rings. The molecule has 0 saturated carbocycles. The van der Waals surface area contributed by atoms with Gasteiger partial charge in [0.1, 0.15) is 5.69 Å². The van der Waals surface area contributed by atoms with E-state index in [0.29, 0.717) is 5.69 Å². The van der Waals surface area contributed by atoms with Crippen LogP contribution in [0.1, 0.15) is 5.69 Å². The fraction of sp³-hybridized carbons (Fsp3) is 0.286. The monoisotopic (exact) mass is 135 g/mol. The Bertz CT molecular complexity index is 254. The van der Waals surface area contributed by atoms with Gasteiger partial charge in [0.25, 0.3) is 0 Å². The lowest BCUT2D eigenvalue weighted by molar-refractivity contribution is 0.637. The molecule has 0 aromatic carbocycles. The van der Waals surface area contributed by atoms with Crippen LogP contribution in [0.2, 0.25) is 0 Å². The van der Waals surface area contributed by atoms with Gasteiger partial charge in [0.05, 0.1) is 0 Å². The first-order valence-corrected chi connectivity index (χ1v) is 2.94. The number of hydrogen-bond acceptors (Lipinski definition) is 2. The van der Waals surface area contributed by atoms with Gasteiger partial charge in [0, 0.05) is 20.3 Å². The van der Waals surface area contributed by atoms with Gasteiger partial charge in [-0.1, -0.05) is 0 Å². The van der Waals surface area contributed by atoms with E-state index in [1.165, 1.54) is 0 Å². The highest BCUT2D eigenvalue weighted by atomic mass is 15.6. The third-order valence-electron chi connectivity index (χ3n) is 1.13. The number of terminal acetylenes is 1. The van der Waals surface area contributed by atoms with E-state index in [1.807, 2.05) is 25.3 Å². The Morgan fingerprint density at radius 3 is 2.70 bits per heavy atom. The Morgan fingerprint density at radius 2 is 2.40 bits per heavy atom. The number of rotatable bonds is 1. The minimum absolute atomic E-state index is 0.661. The largest absolute Gasteiger partial charge is 0.303 e. The van der Waals surface area contributed by atoms with E-state index in [4.69, 9.17) is 6.42 Å². The maximum absolute atomic E-state index is 5.12. The number of nitrogens with zero attached hydrogens (tertiary/aromatic N) is 3. The van der Waals surface area contributed by atoms with E-state index in [-0.39, 0.29) is 0 Å². The highest BCUT2D eigenvalue weighted by Gasteiger charge is 1.93. The summed E-state index contributed by atoms with van der Waals surface area (Å²) in [4.78, 5) is 1.68. The number of aromatic nitrogens is 2. The maximum Gasteiger partial charge on any atom is 0.137 e. The second-order valence-electron chi connectivity index (χ2n) is 2.11. The molecule has 10 heavy (non-hydrogen) atoms. The second-order valence-corrected chi connectivity index (χ2v) is 2.11. The Balaban J connectivity index is 2.91. The molecule has 0 radical (unpaired) electrons. The van der Waals surface area contributed by atoms with Crippen LogP contribution in [-0.4, -0.2) is 24.0 Å². The van der Waals surface area contributed by atoms with Gasteiger partial charge < -0.3 is 5.01 Å². The molecule has 0 aliphatic carbocycles. The molecule has 0 fully saturated rings. The first-order valence-electron chi connectivity index (χ1n) is 2.94. The highest BCUT2D eigenvalue weighted by molar-refractivity contribution is 5.21. The van der Waals surface area contributed by atoms with Crippen LogP contribution in [0.4, 0.5) is 0 Å². The summed E-state index contributed by atoms with van der Waals surface area (Å²) in [6.07, 6.45) is 6.93. The van der Waals surface area contributed by atoms with Gasteiger partial charge in [-0.15, -0.1) is 11.5 Å². The van der Waals surface area contributed by atoms with Crippen LogP contribution in [0.3, 0.4) is 0 Å². The van der Waals surface area contributed by atoms with Crippen molar-refractivity contribution in [3.63, 3.8) is 0 Å². The van der Waals surface area contributed by atoms with Crippen molar-refractivity contribution in [2.75, 3.05) is 19.1 Å². The molecule has 3 heteroatoms. The fourth-order valence-electron chi connectivity index (χ4n) is 0.614. The molecule has 0 unspecified atom stereocenters. The topological polar surface area (TPSA) is 21.1 Å². The van der Waals surface area contributed by atoms with Gasteiger partial charge >= 0.3 is 0 Å². The van der Waals surface area contributed by atoms with Crippen molar-refractivity contribution >= 4 is 0 Å². The highest BCUT2D eigenvalue weighted by Crippen LogP contribution is 1.90. The van der Waals surface area contributed by atoms with Crippen LogP contribution in [-0.2, 0) is 0 Å². The van der Waals surface area contributed by atoms with Crippen LogP contribution >= 0.6 is 0 Å². The molecule has 1 aromatic heterocycles. The zero-order valence-electron chi connectivity index (χ0n) is 6.07. The zero-order valence-corrected chi connectivity index (χ0v) is 6.07. The molecule has 52 valence electrons. The van der Waals surface area contributed by atoms with Gasteiger partial charge in [-0.3, -0.25) is 0 Å². The summed E-state index contributed by atoms with van der Waals surface area (Å²) in [5.74, 6) is 2.44. The van der Waals surface area contributed by atoms with Gasteiger partial charge in [-0.2, -0.15) is 4.79 Å². The lowest BCUT2D eigenvalue weighted by atomic mass is 10.5. The third kappa shape index (κ3) is 1.11. The SMILES string of the molecule is C#Cc1ccn(N(C)C)n1. The van der Waals surface area contributed by atoms with Gasteiger partial charge in [0.2, 0.25) is 0 Å². The van der Waals surface area contributed by atoms with E-state index in [9.17, 15) is 0 Å². The molecular weight excluding hydrogens is 126 g/mol. The van der Waals surface area contributed by atoms with E-state index >= 15 is 0 Å². The van der Waals surface area contributed by atoms with E-state index in [2.05, 4.69) is 11.0 Å². The van der Waals surface area contributed by atoms with Crippen LogP contribution in [0.5, 0.6) is 0 Å². The summed E-state index contributed by atoms with van der Waals surface area (Å²) in [6, 6.07) is 1.79. The minimum atomic E-state index is 0.661.